The summed E-state index contributed by atoms with van der Waals surface area (Å²) in [5.74, 6) is 0.908. The summed E-state index contributed by atoms with van der Waals surface area (Å²) in [6.45, 7) is 7.31. The smallest absolute Gasteiger partial charge is 0.162 e. The van der Waals surface area contributed by atoms with Crippen LogP contribution in [0.25, 0.3) is 0 Å². The number of hydrogen-bond acceptors (Lipinski definition) is 2. The van der Waals surface area contributed by atoms with Gasteiger partial charge in [-0.05, 0) is 43.2 Å². The van der Waals surface area contributed by atoms with Gasteiger partial charge in [-0.3, -0.25) is 4.79 Å². The highest BCUT2D eigenvalue weighted by atomic mass is 16.5. The number of ether oxygens (including phenoxy) is 1. The maximum Gasteiger partial charge on any atom is 0.162 e. The molecule has 0 amide bonds. The second-order valence-electron chi connectivity index (χ2n) is 8.71. The van der Waals surface area contributed by atoms with Crippen molar-refractivity contribution < 1.29 is 9.53 Å². The van der Waals surface area contributed by atoms with Gasteiger partial charge in [0.15, 0.2) is 5.78 Å². The Morgan fingerprint density at radius 1 is 1.22 bits per heavy atom. The van der Waals surface area contributed by atoms with Crippen LogP contribution < -0.4 is 0 Å². The molecule has 3 atom stereocenters. The molecule has 3 aliphatic carbocycles. The second kappa shape index (κ2) is 7.24. The van der Waals surface area contributed by atoms with Crippen molar-refractivity contribution in [3.8, 4) is 0 Å². The molecule has 0 aromatic heterocycles. The van der Waals surface area contributed by atoms with Crippen LogP contribution in [-0.2, 0) is 16.0 Å². The molecule has 0 N–H and O–H groups in total. The highest BCUT2D eigenvalue weighted by Crippen LogP contribution is 2.53. The molecule has 1 aromatic carbocycles. The predicted molar refractivity (Wildman–Crippen MR) is 109 cm³/mol. The Balaban J connectivity index is 1.75. The molecule has 3 aliphatic rings. The number of hydrogen-bond donors (Lipinski definition) is 0. The van der Waals surface area contributed by atoms with Crippen LogP contribution in [0.15, 0.2) is 65.3 Å². The van der Waals surface area contributed by atoms with Crippen LogP contribution in [0.2, 0.25) is 0 Å². The summed E-state index contributed by atoms with van der Waals surface area (Å²) in [5, 5.41) is 0. The van der Waals surface area contributed by atoms with E-state index in [1.165, 1.54) is 22.3 Å². The molecule has 142 valence electrons. The summed E-state index contributed by atoms with van der Waals surface area (Å²) < 4.78 is 5.49. The molecule has 1 fully saturated rings. The Hall–Kier alpha value is -1.93. The number of methoxy groups -OCH3 is 1. The van der Waals surface area contributed by atoms with E-state index in [0.29, 0.717) is 12.3 Å². The minimum atomic E-state index is 0.00435. The molecule has 0 radical (unpaired) electrons. The fraction of sp³-hybridized carbons (Fsp3) is 0.480. The zero-order chi connectivity index (χ0) is 19.0. The van der Waals surface area contributed by atoms with Crippen molar-refractivity contribution in [1.82, 2.24) is 0 Å². The highest BCUT2D eigenvalue weighted by Gasteiger charge is 2.43. The third-order valence-electron chi connectivity index (χ3n) is 6.97. The van der Waals surface area contributed by atoms with E-state index in [9.17, 15) is 4.79 Å². The van der Waals surface area contributed by atoms with Gasteiger partial charge in [-0.25, -0.2) is 0 Å². The zero-order valence-corrected chi connectivity index (χ0v) is 16.6. The summed E-state index contributed by atoms with van der Waals surface area (Å²) >= 11 is 0. The molecule has 0 bridgehead atoms. The lowest BCUT2D eigenvalue weighted by Crippen LogP contribution is -2.25. The van der Waals surface area contributed by atoms with Crippen LogP contribution in [0.5, 0.6) is 0 Å². The Morgan fingerprint density at radius 3 is 2.74 bits per heavy atom. The molecule has 1 saturated carbocycles. The van der Waals surface area contributed by atoms with Crippen LogP contribution in [-0.4, -0.2) is 19.5 Å². The van der Waals surface area contributed by atoms with Crippen molar-refractivity contribution >= 4 is 5.78 Å². The standard InChI is InChI=1S/C25H30O2/c1-17-21-10-9-20(16-27-3)22(21)15-25(2)12-11-19(23(25)14-24(17)26)13-18-7-5-4-6-8-18/h4-8,15,20-21H,1,9-14,16H2,2-3H3/b22-15-/t20-,21?,25-/m1/s1. The summed E-state index contributed by atoms with van der Waals surface area (Å²) in [6, 6.07) is 10.6. The van der Waals surface area contributed by atoms with Gasteiger partial charge < -0.3 is 4.74 Å². The number of allylic oxidation sites excluding steroid dienone is 4. The lowest BCUT2D eigenvalue weighted by atomic mass is 9.72. The molecule has 0 aliphatic heterocycles. The van der Waals surface area contributed by atoms with E-state index in [0.717, 1.165) is 44.3 Å². The second-order valence-corrected chi connectivity index (χ2v) is 8.71. The van der Waals surface area contributed by atoms with Crippen molar-refractivity contribution in [2.24, 2.45) is 17.3 Å². The number of fused-ring (bicyclic) bond motifs is 2. The third-order valence-corrected chi connectivity index (χ3v) is 6.97. The molecule has 2 heteroatoms. The first-order chi connectivity index (χ1) is 13.0. The minimum Gasteiger partial charge on any atom is -0.384 e. The van der Waals surface area contributed by atoms with Gasteiger partial charge in [0, 0.05) is 30.8 Å². The number of carbonyl (C=O) groups excluding carboxylic acids is 1. The van der Waals surface area contributed by atoms with E-state index in [-0.39, 0.29) is 17.1 Å². The lowest BCUT2D eigenvalue weighted by Gasteiger charge is -2.32. The van der Waals surface area contributed by atoms with E-state index in [1.54, 1.807) is 7.11 Å². The number of carbonyl (C=O) groups is 1. The van der Waals surface area contributed by atoms with Gasteiger partial charge in [0.05, 0.1) is 6.61 Å². The molecule has 1 aromatic rings. The summed E-state index contributed by atoms with van der Waals surface area (Å²) in [6.07, 6.45) is 8.36. The Labute approximate surface area is 163 Å². The van der Waals surface area contributed by atoms with E-state index in [4.69, 9.17) is 4.74 Å². The quantitative estimate of drug-likeness (QED) is 0.525. The monoisotopic (exact) mass is 362 g/mol. The summed E-state index contributed by atoms with van der Waals surface area (Å²) in [4.78, 5) is 13.1. The Morgan fingerprint density at radius 2 is 2.00 bits per heavy atom. The van der Waals surface area contributed by atoms with Crippen LogP contribution in [0.4, 0.5) is 0 Å². The Bertz CT molecular complexity index is 814. The van der Waals surface area contributed by atoms with Crippen molar-refractivity contribution in [2.75, 3.05) is 13.7 Å². The largest absolute Gasteiger partial charge is 0.384 e. The highest BCUT2D eigenvalue weighted by molar-refractivity contribution is 5.98. The lowest BCUT2D eigenvalue weighted by molar-refractivity contribution is -0.115. The average Bonchev–Trinajstić information content (AvgIpc) is 3.17. The van der Waals surface area contributed by atoms with Gasteiger partial charge in [-0.15, -0.1) is 0 Å². The maximum absolute atomic E-state index is 13.1. The van der Waals surface area contributed by atoms with Gasteiger partial charge in [0.25, 0.3) is 0 Å². The summed E-state index contributed by atoms with van der Waals surface area (Å²) in [7, 11) is 1.78. The zero-order valence-electron chi connectivity index (χ0n) is 16.6. The normalized spacial score (nSPS) is 32.6. The van der Waals surface area contributed by atoms with E-state index in [1.807, 2.05) is 0 Å². The number of rotatable bonds is 4. The molecular weight excluding hydrogens is 332 g/mol. The van der Waals surface area contributed by atoms with Crippen LogP contribution in [0, 0.1) is 17.3 Å². The molecule has 2 nitrogen and oxygen atoms in total. The number of benzene rings is 1. The van der Waals surface area contributed by atoms with Crippen LogP contribution in [0.1, 0.15) is 44.6 Å². The van der Waals surface area contributed by atoms with Crippen molar-refractivity contribution in [3.05, 3.63) is 70.8 Å². The average molecular weight is 363 g/mol. The SMILES string of the molecule is C=C1C(=O)CC2=C(Cc3ccccc3)CC[C@]2(C)/C=C2\C1CC[C@@H]2COC. The van der Waals surface area contributed by atoms with Gasteiger partial charge in [-0.1, -0.05) is 66.6 Å². The fourth-order valence-corrected chi connectivity index (χ4v) is 5.44. The first-order valence-corrected chi connectivity index (χ1v) is 10.2. The van der Waals surface area contributed by atoms with Crippen molar-refractivity contribution in [2.45, 2.75) is 45.4 Å². The van der Waals surface area contributed by atoms with Crippen molar-refractivity contribution in [1.29, 1.82) is 0 Å². The Kier molecular flexibility index (Phi) is 4.94. The number of ketones is 1. The van der Waals surface area contributed by atoms with Gasteiger partial charge in [0.2, 0.25) is 0 Å². The summed E-state index contributed by atoms with van der Waals surface area (Å²) in [5.41, 5.74) is 6.38. The fourth-order valence-electron chi connectivity index (χ4n) is 5.44. The molecule has 27 heavy (non-hydrogen) atoms. The molecule has 0 saturated heterocycles. The molecular formula is C25H30O2. The van der Waals surface area contributed by atoms with E-state index in [2.05, 4.69) is 49.9 Å². The van der Waals surface area contributed by atoms with Crippen molar-refractivity contribution in [3.63, 3.8) is 0 Å². The number of Topliss-reactive ketones (excluding diaryl/α,β-unsaturated/α-hetero) is 1. The third kappa shape index (κ3) is 3.36. The van der Waals surface area contributed by atoms with Gasteiger partial charge in [-0.2, -0.15) is 0 Å². The molecule has 0 spiro atoms. The van der Waals surface area contributed by atoms with E-state index >= 15 is 0 Å². The molecule has 4 rings (SSSR count). The minimum absolute atomic E-state index is 0.00435. The van der Waals surface area contributed by atoms with Gasteiger partial charge in [0.1, 0.15) is 0 Å². The maximum atomic E-state index is 13.1. The molecule has 0 heterocycles. The molecule has 1 unspecified atom stereocenters. The predicted octanol–water partition coefficient (Wildman–Crippen LogP) is 5.45. The van der Waals surface area contributed by atoms with Crippen LogP contribution in [0.3, 0.4) is 0 Å². The topological polar surface area (TPSA) is 26.3 Å². The van der Waals surface area contributed by atoms with Crippen LogP contribution >= 0.6 is 0 Å². The van der Waals surface area contributed by atoms with E-state index < -0.39 is 0 Å². The first kappa shape index (κ1) is 18.4. The first-order valence-electron chi connectivity index (χ1n) is 10.2. The van der Waals surface area contributed by atoms with Gasteiger partial charge >= 0.3 is 0 Å².